The lowest BCUT2D eigenvalue weighted by molar-refractivity contribution is 0.172. The Labute approximate surface area is 163 Å². The molecule has 0 atom stereocenters. The van der Waals surface area contributed by atoms with Crippen molar-refractivity contribution in [3.63, 3.8) is 0 Å². The van der Waals surface area contributed by atoms with E-state index in [1.165, 1.54) is 6.20 Å². The van der Waals surface area contributed by atoms with Gasteiger partial charge in [0.15, 0.2) is 11.5 Å². The van der Waals surface area contributed by atoms with E-state index in [-0.39, 0.29) is 9.79 Å². The minimum absolute atomic E-state index is 0.241. The van der Waals surface area contributed by atoms with E-state index in [1.807, 2.05) is 18.2 Å². The van der Waals surface area contributed by atoms with Crippen LogP contribution in [0.5, 0.6) is 11.5 Å². The third-order valence-electron chi connectivity index (χ3n) is 5.24. The lowest BCUT2D eigenvalue weighted by atomic mass is 10.1. The highest BCUT2D eigenvalue weighted by atomic mass is 32.2. The molecule has 7 heteroatoms. The van der Waals surface area contributed by atoms with Crippen molar-refractivity contribution in [2.45, 2.75) is 22.6 Å². The molecule has 0 bridgehead atoms. The fourth-order valence-electron chi connectivity index (χ4n) is 3.89. The maximum Gasteiger partial charge on any atom is 0.210 e. The van der Waals surface area contributed by atoms with Gasteiger partial charge in [0.05, 0.1) is 16.1 Å². The molecule has 1 fully saturated rings. The van der Waals surface area contributed by atoms with Crippen LogP contribution in [0.2, 0.25) is 0 Å². The minimum atomic E-state index is -3.70. The second kappa shape index (κ2) is 6.67. The summed E-state index contributed by atoms with van der Waals surface area (Å²) in [7, 11) is -3.70. The van der Waals surface area contributed by atoms with E-state index in [0.717, 1.165) is 31.3 Å². The summed E-state index contributed by atoms with van der Waals surface area (Å²) in [6.07, 6.45) is 3.56. The van der Waals surface area contributed by atoms with Crippen LogP contribution in [0.25, 0.3) is 10.9 Å². The first kappa shape index (κ1) is 17.3. The van der Waals surface area contributed by atoms with Gasteiger partial charge < -0.3 is 14.4 Å². The number of benzene rings is 2. The van der Waals surface area contributed by atoms with Gasteiger partial charge in [-0.05, 0) is 31.0 Å². The fraction of sp³-hybridized carbons (Fsp3) is 0.286. The van der Waals surface area contributed by atoms with Gasteiger partial charge in [-0.2, -0.15) is 0 Å². The molecule has 28 heavy (non-hydrogen) atoms. The average molecular weight is 396 g/mol. The van der Waals surface area contributed by atoms with Crippen LogP contribution >= 0.6 is 0 Å². The Morgan fingerprint density at radius 2 is 1.61 bits per heavy atom. The van der Waals surface area contributed by atoms with Crippen LogP contribution in [0, 0.1) is 0 Å². The predicted octanol–water partition coefficient (Wildman–Crippen LogP) is 3.44. The first-order valence-corrected chi connectivity index (χ1v) is 10.9. The van der Waals surface area contributed by atoms with Crippen molar-refractivity contribution in [2.24, 2.45) is 0 Å². The van der Waals surface area contributed by atoms with E-state index in [2.05, 4.69) is 9.88 Å². The number of anilines is 1. The van der Waals surface area contributed by atoms with Crippen LogP contribution in [0.1, 0.15) is 12.8 Å². The zero-order chi connectivity index (χ0) is 19.1. The second-order valence-corrected chi connectivity index (χ2v) is 8.91. The number of sulfone groups is 1. The van der Waals surface area contributed by atoms with Crippen LogP contribution in [0.3, 0.4) is 0 Å². The van der Waals surface area contributed by atoms with Crippen LogP contribution in [-0.4, -0.2) is 39.7 Å². The van der Waals surface area contributed by atoms with E-state index >= 15 is 0 Å². The average Bonchev–Trinajstić information content (AvgIpc) is 3.26. The van der Waals surface area contributed by atoms with Crippen LogP contribution in [-0.2, 0) is 9.84 Å². The Morgan fingerprint density at radius 3 is 2.32 bits per heavy atom. The third kappa shape index (κ3) is 2.77. The first-order valence-electron chi connectivity index (χ1n) is 9.42. The molecule has 0 spiro atoms. The molecule has 6 nitrogen and oxygen atoms in total. The number of rotatable bonds is 3. The Morgan fingerprint density at radius 1 is 0.929 bits per heavy atom. The molecule has 0 saturated carbocycles. The van der Waals surface area contributed by atoms with E-state index in [0.29, 0.717) is 35.9 Å². The lowest BCUT2D eigenvalue weighted by Crippen LogP contribution is -2.22. The molecule has 1 saturated heterocycles. The number of aromatic nitrogens is 1. The molecular weight excluding hydrogens is 376 g/mol. The summed E-state index contributed by atoms with van der Waals surface area (Å²) in [5, 5.41) is 0.781. The van der Waals surface area contributed by atoms with Crippen LogP contribution < -0.4 is 14.4 Å². The van der Waals surface area contributed by atoms with E-state index < -0.39 is 9.84 Å². The van der Waals surface area contributed by atoms with Crippen molar-refractivity contribution < 1.29 is 17.9 Å². The smallest absolute Gasteiger partial charge is 0.210 e. The van der Waals surface area contributed by atoms with Crippen LogP contribution in [0.4, 0.5) is 5.69 Å². The Hall–Kier alpha value is -2.80. The van der Waals surface area contributed by atoms with Gasteiger partial charge in [-0.25, -0.2) is 8.42 Å². The molecule has 1 aromatic heterocycles. The van der Waals surface area contributed by atoms with E-state index in [4.69, 9.17) is 9.47 Å². The number of hydrogen-bond donors (Lipinski definition) is 0. The van der Waals surface area contributed by atoms with Gasteiger partial charge in [0.25, 0.3) is 0 Å². The summed E-state index contributed by atoms with van der Waals surface area (Å²) in [4.78, 5) is 7.13. The van der Waals surface area contributed by atoms with Crippen LogP contribution in [0.15, 0.2) is 58.5 Å². The summed E-state index contributed by atoms with van der Waals surface area (Å²) >= 11 is 0. The Balaban J connectivity index is 1.78. The molecule has 3 aromatic rings. The predicted molar refractivity (Wildman–Crippen MR) is 106 cm³/mol. The highest BCUT2D eigenvalue weighted by Gasteiger charge is 2.29. The van der Waals surface area contributed by atoms with Gasteiger partial charge in [-0.3, -0.25) is 4.98 Å². The highest BCUT2D eigenvalue weighted by molar-refractivity contribution is 7.91. The van der Waals surface area contributed by atoms with Crippen molar-refractivity contribution in [3.05, 3.63) is 48.7 Å². The first-order chi connectivity index (χ1) is 13.6. The maximum absolute atomic E-state index is 13.4. The molecule has 3 heterocycles. The summed E-state index contributed by atoms with van der Waals surface area (Å²) in [6, 6.07) is 12.2. The Bertz CT molecular complexity index is 1140. The summed E-state index contributed by atoms with van der Waals surface area (Å²) in [5.41, 5.74) is 1.42. The minimum Gasteiger partial charge on any atom is -0.486 e. The number of pyridine rings is 1. The van der Waals surface area contributed by atoms with Gasteiger partial charge in [0.2, 0.25) is 9.84 Å². The molecule has 0 amide bonds. The number of nitrogens with zero attached hydrogens (tertiary/aromatic N) is 2. The Kier molecular flexibility index (Phi) is 4.12. The molecule has 5 rings (SSSR count). The summed E-state index contributed by atoms with van der Waals surface area (Å²) in [6.45, 7) is 2.63. The number of ether oxygens (including phenoxy) is 2. The van der Waals surface area contributed by atoms with Crippen molar-refractivity contribution >= 4 is 26.4 Å². The SMILES string of the molecule is O=S(=O)(c1ccccc1)c1cnc2cc3c(cc2c1N1CCCC1)OCCO3. The van der Waals surface area contributed by atoms with Gasteiger partial charge in [0.1, 0.15) is 18.1 Å². The van der Waals surface area contributed by atoms with E-state index in [9.17, 15) is 8.42 Å². The fourth-order valence-corrected chi connectivity index (χ4v) is 5.34. The molecule has 0 N–H and O–H groups in total. The summed E-state index contributed by atoms with van der Waals surface area (Å²) < 4.78 is 38.2. The second-order valence-electron chi connectivity index (χ2n) is 6.99. The van der Waals surface area contributed by atoms with E-state index in [1.54, 1.807) is 24.3 Å². The lowest BCUT2D eigenvalue weighted by Gasteiger charge is -2.25. The van der Waals surface area contributed by atoms with Gasteiger partial charge in [-0.1, -0.05) is 18.2 Å². The van der Waals surface area contributed by atoms with Crippen molar-refractivity contribution in [1.82, 2.24) is 4.98 Å². The molecule has 0 unspecified atom stereocenters. The maximum atomic E-state index is 13.4. The van der Waals surface area contributed by atoms with Crippen molar-refractivity contribution in [1.29, 1.82) is 0 Å². The quantitative estimate of drug-likeness (QED) is 0.676. The normalized spacial score (nSPS) is 16.5. The number of hydrogen-bond acceptors (Lipinski definition) is 6. The molecule has 0 aliphatic carbocycles. The van der Waals surface area contributed by atoms with Gasteiger partial charge in [0, 0.05) is 30.7 Å². The molecule has 2 aliphatic heterocycles. The van der Waals surface area contributed by atoms with Crippen molar-refractivity contribution in [3.8, 4) is 11.5 Å². The zero-order valence-corrected chi connectivity index (χ0v) is 16.1. The van der Waals surface area contributed by atoms with Gasteiger partial charge >= 0.3 is 0 Å². The standard InChI is InChI=1S/C21H20N2O4S/c24-28(25,15-6-2-1-3-7-15)20-14-22-17-13-19-18(26-10-11-27-19)12-16(17)21(20)23-8-4-5-9-23/h1-3,6-7,12-14H,4-5,8-11H2. The summed E-state index contributed by atoms with van der Waals surface area (Å²) in [5.74, 6) is 1.28. The number of fused-ring (bicyclic) bond motifs is 2. The monoisotopic (exact) mass is 396 g/mol. The highest BCUT2D eigenvalue weighted by Crippen LogP contribution is 2.42. The molecule has 144 valence electrons. The van der Waals surface area contributed by atoms with Crippen molar-refractivity contribution in [2.75, 3.05) is 31.2 Å². The molecule has 0 radical (unpaired) electrons. The molecular formula is C21H20N2O4S. The molecule has 2 aliphatic rings. The zero-order valence-electron chi connectivity index (χ0n) is 15.3. The largest absolute Gasteiger partial charge is 0.486 e. The molecule has 2 aromatic carbocycles. The third-order valence-corrected chi connectivity index (χ3v) is 7.01. The topological polar surface area (TPSA) is 68.7 Å². The van der Waals surface area contributed by atoms with Gasteiger partial charge in [-0.15, -0.1) is 0 Å².